The van der Waals surface area contributed by atoms with Crippen LogP contribution < -0.4 is 4.90 Å². The summed E-state index contributed by atoms with van der Waals surface area (Å²) >= 11 is 7.82. The molecule has 3 aromatic carbocycles. The molecule has 0 atom stereocenters. The number of benzene rings is 3. The first-order valence-electron chi connectivity index (χ1n) is 12.4. The second-order valence-electron chi connectivity index (χ2n) is 9.05. The van der Waals surface area contributed by atoms with Crippen LogP contribution in [0.4, 0.5) is 5.13 Å². The summed E-state index contributed by atoms with van der Waals surface area (Å²) in [5.41, 5.74) is 3.42. The standard InChI is InChI=1S/C29H28ClN3O3S.ClH/c1-20-24(30)12-13-25-26(20)31-29(37-25)33(15-5-14-32-16-18-36-19-17-32)28(35)23-10-8-22(9-11-23)27(34)21-6-3-2-4-7-21;/h2-4,6-13H,5,14-19H2,1H3;1H. The minimum Gasteiger partial charge on any atom is -0.379 e. The Labute approximate surface area is 237 Å². The van der Waals surface area contributed by atoms with Gasteiger partial charge in [0.1, 0.15) is 0 Å². The van der Waals surface area contributed by atoms with E-state index in [2.05, 4.69) is 4.90 Å². The zero-order chi connectivity index (χ0) is 25.8. The number of rotatable bonds is 8. The number of thiazole rings is 1. The molecule has 5 rings (SSSR count). The fourth-order valence-electron chi connectivity index (χ4n) is 4.44. The van der Waals surface area contributed by atoms with Crippen molar-refractivity contribution in [1.82, 2.24) is 9.88 Å². The summed E-state index contributed by atoms with van der Waals surface area (Å²) in [7, 11) is 0. The largest absolute Gasteiger partial charge is 0.379 e. The van der Waals surface area contributed by atoms with E-state index < -0.39 is 0 Å². The summed E-state index contributed by atoms with van der Waals surface area (Å²) in [5, 5.41) is 1.31. The number of aryl methyl sites for hydroxylation is 1. The highest BCUT2D eigenvalue weighted by molar-refractivity contribution is 7.22. The number of morpholine rings is 1. The van der Waals surface area contributed by atoms with Crippen LogP contribution in [0.3, 0.4) is 0 Å². The van der Waals surface area contributed by atoms with Crippen LogP contribution in [-0.4, -0.2) is 61.0 Å². The Kier molecular flexibility index (Phi) is 9.52. The van der Waals surface area contributed by atoms with E-state index in [4.69, 9.17) is 21.3 Å². The molecule has 0 N–H and O–H groups in total. The lowest BCUT2D eigenvalue weighted by Crippen LogP contribution is -2.39. The number of carbonyl (C=O) groups is 2. The van der Waals surface area contributed by atoms with E-state index in [1.54, 1.807) is 41.3 Å². The minimum absolute atomic E-state index is 0. The highest BCUT2D eigenvalue weighted by Crippen LogP contribution is 2.34. The van der Waals surface area contributed by atoms with E-state index in [-0.39, 0.29) is 24.1 Å². The molecule has 38 heavy (non-hydrogen) atoms. The predicted octanol–water partition coefficient (Wildman–Crippen LogP) is 6.28. The first-order valence-corrected chi connectivity index (χ1v) is 13.6. The molecular weight excluding hydrogens is 541 g/mol. The molecule has 4 aromatic rings. The summed E-state index contributed by atoms with van der Waals surface area (Å²) in [4.78, 5) is 35.5. The summed E-state index contributed by atoms with van der Waals surface area (Å²) in [6.45, 7) is 6.67. The SMILES string of the molecule is Cc1c(Cl)ccc2sc(N(CCCN3CCOCC3)C(=O)c3ccc(C(=O)c4ccccc4)cc3)nc12.Cl. The van der Waals surface area contributed by atoms with Crippen LogP contribution in [0.2, 0.25) is 5.02 Å². The molecule has 0 spiro atoms. The van der Waals surface area contributed by atoms with Crippen LogP contribution >= 0.6 is 35.3 Å². The van der Waals surface area contributed by atoms with Crippen LogP contribution in [0.25, 0.3) is 10.2 Å². The average Bonchev–Trinajstić information content (AvgIpc) is 3.38. The molecule has 1 aromatic heterocycles. The first kappa shape index (κ1) is 28.2. The Hall–Kier alpha value is -2.81. The molecule has 0 bridgehead atoms. The van der Waals surface area contributed by atoms with Gasteiger partial charge in [-0.05, 0) is 43.2 Å². The second kappa shape index (κ2) is 12.8. The zero-order valence-corrected chi connectivity index (χ0v) is 23.5. The van der Waals surface area contributed by atoms with Crippen molar-refractivity contribution in [3.8, 4) is 0 Å². The van der Waals surface area contributed by atoms with Crippen LogP contribution in [0.15, 0.2) is 66.7 Å². The highest BCUT2D eigenvalue weighted by Gasteiger charge is 2.23. The predicted molar refractivity (Wildman–Crippen MR) is 156 cm³/mol. The van der Waals surface area contributed by atoms with Crippen LogP contribution in [0.1, 0.15) is 38.3 Å². The lowest BCUT2D eigenvalue weighted by molar-refractivity contribution is 0.0376. The van der Waals surface area contributed by atoms with Gasteiger partial charge in [-0.15, -0.1) is 12.4 Å². The van der Waals surface area contributed by atoms with Gasteiger partial charge in [0.15, 0.2) is 10.9 Å². The fraction of sp³-hybridized carbons (Fsp3) is 0.276. The first-order chi connectivity index (χ1) is 18.0. The lowest BCUT2D eigenvalue weighted by Gasteiger charge is -2.27. The Morgan fingerprint density at radius 1 is 0.974 bits per heavy atom. The third kappa shape index (κ3) is 6.25. The van der Waals surface area contributed by atoms with Crippen molar-refractivity contribution in [2.45, 2.75) is 13.3 Å². The van der Waals surface area contributed by atoms with E-state index in [0.717, 1.165) is 55.0 Å². The molecule has 1 aliphatic heterocycles. The Bertz CT molecular complexity index is 1400. The number of aromatic nitrogens is 1. The molecule has 0 aliphatic carbocycles. The van der Waals surface area contributed by atoms with Gasteiger partial charge in [-0.2, -0.15) is 0 Å². The summed E-state index contributed by atoms with van der Waals surface area (Å²) in [6.07, 6.45) is 0.811. The molecular formula is C29H29Cl2N3O3S. The number of ether oxygens (including phenoxy) is 1. The maximum Gasteiger partial charge on any atom is 0.260 e. The number of fused-ring (bicyclic) bond motifs is 1. The number of halogens is 2. The number of hydrogen-bond acceptors (Lipinski definition) is 6. The highest BCUT2D eigenvalue weighted by atomic mass is 35.5. The maximum absolute atomic E-state index is 13.8. The van der Waals surface area contributed by atoms with E-state index in [1.807, 2.05) is 37.3 Å². The summed E-state index contributed by atoms with van der Waals surface area (Å²) in [6, 6.07) is 19.8. The topological polar surface area (TPSA) is 62.7 Å². The van der Waals surface area contributed by atoms with Crippen molar-refractivity contribution < 1.29 is 14.3 Å². The van der Waals surface area contributed by atoms with E-state index in [0.29, 0.717) is 33.4 Å². The third-order valence-corrected chi connectivity index (χ3v) is 8.06. The van der Waals surface area contributed by atoms with Gasteiger partial charge in [-0.3, -0.25) is 19.4 Å². The normalized spacial score (nSPS) is 13.7. The molecule has 1 fully saturated rings. The van der Waals surface area contributed by atoms with E-state index in [1.165, 1.54) is 11.3 Å². The third-order valence-electron chi connectivity index (χ3n) is 6.60. The smallest absolute Gasteiger partial charge is 0.260 e. The molecule has 0 unspecified atom stereocenters. The summed E-state index contributed by atoms with van der Waals surface area (Å²) in [5.74, 6) is -0.205. The van der Waals surface area contributed by atoms with Crippen LogP contribution in [0, 0.1) is 6.92 Å². The summed E-state index contributed by atoms with van der Waals surface area (Å²) < 4.78 is 6.44. The number of ketones is 1. The van der Waals surface area contributed by atoms with E-state index in [9.17, 15) is 9.59 Å². The Morgan fingerprint density at radius 3 is 2.34 bits per heavy atom. The number of carbonyl (C=O) groups excluding carboxylic acids is 2. The van der Waals surface area contributed by atoms with Crippen molar-refractivity contribution in [2.75, 3.05) is 44.3 Å². The minimum atomic E-state index is -0.136. The van der Waals surface area contributed by atoms with Crippen molar-refractivity contribution in [2.24, 2.45) is 0 Å². The monoisotopic (exact) mass is 569 g/mol. The van der Waals surface area contributed by atoms with Crippen LogP contribution in [0.5, 0.6) is 0 Å². The maximum atomic E-state index is 13.8. The van der Waals surface area contributed by atoms with Gasteiger partial charge in [0, 0.05) is 47.9 Å². The quantitative estimate of drug-likeness (QED) is 0.234. The molecule has 0 radical (unpaired) electrons. The Balaban J connectivity index is 0.00000336. The van der Waals surface area contributed by atoms with Crippen molar-refractivity contribution >= 4 is 62.4 Å². The van der Waals surface area contributed by atoms with Gasteiger partial charge in [-0.25, -0.2) is 4.98 Å². The van der Waals surface area contributed by atoms with Gasteiger partial charge in [-0.1, -0.05) is 65.4 Å². The Morgan fingerprint density at radius 2 is 1.63 bits per heavy atom. The molecule has 1 amide bonds. The van der Waals surface area contributed by atoms with Gasteiger partial charge in [0.25, 0.3) is 5.91 Å². The van der Waals surface area contributed by atoms with Crippen LogP contribution in [-0.2, 0) is 4.74 Å². The second-order valence-corrected chi connectivity index (χ2v) is 10.5. The molecule has 6 nitrogen and oxygen atoms in total. The molecule has 1 aliphatic rings. The van der Waals surface area contributed by atoms with E-state index >= 15 is 0 Å². The number of nitrogens with zero attached hydrogens (tertiary/aromatic N) is 3. The van der Waals surface area contributed by atoms with Gasteiger partial charge < -0.3 is 4.74 Å². The molecule has 2 heterocycles. The molecule has 9 heteroatoms. The van der Waals surface area contributed by atoms with Gasteiger partial charge in [0.2, 0.25) is 0 Å². The molecule has 198 valence electrons. The average molecular weight is 571 g/mol. The zero-order valence-electron chi connectivity index (χ0n) is 21.1. The van der Waals surface area contributed by atoms with Gasteiger partial charge >= 0.3 is 0 Å². The van der Waals surface area contributed by atoms with Gasteiger partial charge in [0.05, 0.1) is 23.4 Å². The lowest BCUT2D eigenvalue weighted by atomic mass is 10.0. The number of amides is 1. The number of hydrogen-bond donors (Lipinski definition) is 0. The van der Waals surface area contributed by atoms with Crippen molar-refractivity contribution in [3.05, 3.63) is 94.0 Å². The molecule has 1 saturated heterocycles. The fourth-order valence-corrected chi connectivity index (χ4v) is 5.64. The number of anilines is 1. The van der Waals surface area contributed by atoms with Crippen molar-refractivity contribution in [1.29, 1.82) is 0 Å². The molecule has 0 saturated carbocycles. The van der Waals surface area contributed by atoms with Crippen molar-refractivity contribution in [3.63, 3.8) is 0 Å².